The van der Waals surface area contributed by atoms with E-state index in [9.17, 15) is 4.79 Å². The summed E-state index contributed by atoms with van der Waals surface area (Å²) in [4.78, 5) is 12.1. The second-order valence-electron chi connectivity index (χ2n) is 7.72. The van der Waals surface area contributed by atoms with Crippen LogP contribution in [0.2, 0.25) is 0 Å². The topological polar surface area (TPSA) is 35.5 Å². The summed E-state index contributed by atoms with van der Waals surface area (Å²) in [6.45, 7) is 12.5. The molecule has 0 aliphatic rings. The molecule has 0 aliphatic heterocycles. The van der Waals surface area contributed by atoms with Gasteiger partial charge in [0.25, 0.3) is 0 Å². The number of ether oxygens (including phenoxy) is 2. The molecular weight excluding hydrogens is 343 g/mol. The number of benzene rings is 2. The number of ketones is 1. The number of hydrogen-bond donors (Lipinski definition) is 0. The van der Waals surface area contributed by atoms with Gasteiger partial charge in [-0.2, -0.15) is 0 Å². The summed E-state index contributed by atoms with van der Waals surface area (Å²) in [6.07, 6.45) is 0. The molecule has 1 atom stereocenters. The van der Waals surface area contributed by atoms with Crippen molar-refractivity contribution in [1.82, 2.24) is 0 Å². The monoisotopic (exact) mass is 372 g/mol. The SMILES string of the molecule is COCOc1c(Pc2ccc(C)cc2C(C)=O)cc(C)cc1C(C)(C)C. The minimum atomic E-state index is -0.0506. The van der Waals surface area contributed by atoms with Crippen molar-refractivity contribution in [3.05, 3.63) is 52.6 Å². The molecule has 0 radical (unpaired) electrons. The molecule has 26 heavy (non-hydrogen) atoms. The zero-order valence-electron chi connectivity index (χ0n) is 16.8. The Labute approximate surface area is 158 Å². The molecule has 0 aromatic heterocycles. The Kier molecular flexibility index (Phi) is 6.60. The van der Waals surface area contributed by atoms with E-state index >= 15 is 0 Å². The van der Waals surface area contributed by atoms with Crippen molar-refractivity contribution in [3.63, 3.8) is 0 Å². The molecular formula is C22H29O3P. The van der Waals surface area contributed by atoms with Gasteiger partial charge in [-0.1, -0.05) is 53.1 Å². The Balaban J connectivity index is 2.59. The smallest absolute Gasteiger partial charge is 0.188 e. The lowest BCUT2D eigenvalue weighted by Crippen LogP contribution is -2.21. The van der Waals surface area contributed by atoms with Gasteiger partial charge in [0.2, 0.25) is 0 Å². The van der Waals surface area contributed by atoms with Gasteiger partial charge < -0.3 is 9.47 Å². The van der Waals surface area contributed by atoms with Crippen molar-refractivity contribution in [1.29, 1.82) is 0 Å². The van der Waals surface area contributed by atoms with E-state index in [1.807, 2.05) is 13.0 Å². The number of aryl methyl sites for hydroxylation is 2. The highest BCUT2D eigenvalue weighted by Gasteiger charge is 2.23. The predicted octanol–water partition coefficient (Wildman–Crippen LogP) is 4.42. The first-order valence-electron chi connectivity index (χ1n) is 8.79. The molecule has 0 N–H and O–H groups in total. The normalized spacial score (nSPS) is 12.0. The molecule has 1 unspecified atom stereocenters. The van der Waals surface area contributed by atoms with Crippen molar-refractivity contribution in [2.75, 3.05) is 13.9 Å². The lowest BCUT2D eigenvalue weighted by Gasteiger charge is -2.26. The van der Waals surface area contributed by atoms with E-state index in [4.69, 9.17) is 9.47 Å². The quantitative estimate of drug-likeness (QED) is 0.428. The molecule has 0 spiro atoms. The summed E-state index contributed by atoms with van der Waals surface area (Å²) >= 11 is 0. The van der Waals surface area contributed by atoms with Gasteiger partial charge in [-0.3, -0.25) is 4.79 Å². The summed E-state index contributed by atoms with van der Waals surface area (Å²) in [5.74, 6) is 0.970. The van der Waals surface area contributed by atoms with Crippen LogP contribution in [0.25, 0.3) is 0 Å². The van der Waals surface area contributed by atoms with Crippen LogP contribution in [0.15, 0.2) is 30.3 Å². The largest absolute Gasteiger partial charge is 0.467 e. The molecule has 2 aromatic carbocycles. The number of methoxy groups -OCH3 is 1. The average Bonchev–Trinajstić information content (AvgIpc) is 2.54. The van der Waals surface area contributed by atoms with Crippen LogP contribution in [0.1, 0.15) is 54.7 Å². The number of Topliss-reactive ketones (excluding diaryl/α,β-unsaturated/α-hetero) is 1. The van der Waals surface area contributed by atoms with Gasteiger partial charge in [-0.25, -0.2) is 0 Å². The van der Waals surface area contributed by atoms with E-state index < -0.39 is 0 Å². The molecule has 2 rings (SSSR count). The Morgan fingerprint density at radius 2 is 1.73 bits per heavy atom. The molecule has 3 nitrogen and oxygen atoms in total. The fourth-order valence-electron chi connectivity index (χ4n) is 2.90. The summed E-state index contributed by atoms with van der Waals surface area (Å²) in [6, 6.07) is 10.4. The van der Waals surface area contributed by atoms with Gasteiger partial charge in [-0.15, -0.1) is 0 Å². The minimum Gasteiger partial charge on any atom is -0.467 e. The maximum atomic E-state index is 12.1. The molecule has 0 aliphatic carbocycles. The number of rotatable bonds is 6. The summed E-state index contributed by atoms with van der Waals surface area (Å²) in [5.41, 5.74) is 4.19. The third-order valence-electron chi connectivity index (χ3n) is 4.19. The van der Waals surface area contributed by atoms with Crippen molar-refractivity contribution in [2.45, 2.75) is 47.0 Å². The third-order valence-corrected chi connectivity index (χ3v) is 5.53. The van der Waals surface area contributed by atoms with Gasteiger partial charge in [-0.05, 0) is 49.2 Å². The van der Waals surface area contributed by atoms with E-state index in [0.29, 0.717) is 8.58 Å². The lowest BCUT2D eigenvalue weighted by atomic mass is 9.85. The average molecular weight is 372 g/mol. The third kappa shape index (κ3) is 4.93. The first kappa shape index (κ1) is 20.6. The number of carbonyl (C=O) groups is 1. The Morgan fingerprint density at radius 1 is 1.04 bits per heavy atom. The second kappa shape index (κ2) is 8.33. The molecule has 4 heteroatoms. The molecule has 0 fully saturated rings. The molecule has 0 amide bonds. The zero-order chi connectivity index (χ0) is 19.5. The van der Waals surface area contributed by atoms with Crippen LogP contribution in [0.3, 0.4) is 0 Å². The minimum absolute atomic E-state index is 0.0506. The van der Waals surface area contributed by atoms with E-state index in [1.54, 1.807) is 14.0 Å². The lowest BCUT2D eigenvalue weighted by molar-refractivity contribution is 0.0506. The van der Waals surface area contributed by atoms with Gasteiger partial charge in [0.15, 0.2) is 12.6 Å². The predicted molar refractivity (Wildman–Crippen MR) is 111 cm³/mol. The van der Waals surface area contributed by atoms with Crippen molar-refractivity contribution in [3.8, 4) is 5.75 Å². The van der Waals surface area contributed by atoms with Crippen LogP contribution in [-0.4, -0.2) is 19.7 Å². The number of hydrogen-bond acceptors (Lipinski definition) is 3. The molecule has 140 valence electrons. The van der Waals surface area contributed by atoms with E-state index in [1.165, 1.54) is 5.56 Å². The molecule has 0 saturated heterocycles. The summed E-state index contributed by atoms with van der Waals surface area (Å²) in [5, 5.41) is 2.16. The highest BCUT2D eigenvalue weighted by Crippen LogP contribution is 2.34. The van der Waals surface area contributed by atoms with Crippen molar-refractivity contribution >= 4 is 25.0 Å². The van der Waals surface area contributed by atoms with Crippen LogP contribution in [-0.2, 0) is 10.2 Å². The first-order valence-corrected chi connectivity index (χ1v) is 9.79. The highest BCUT2D eigenvalue weighted by molar-refractivity contribution is 7.56. The van der Waals surface area contributed by atoms with Gasteiger partial charge in [0.1, 0.15) is 5.75 Å². The van der Waals surface area contributed by atoms with E-state index in [0.717, 1.165) is 33.0 Å². The molecule has 0 bridgehead atoms. The fraction of sp³-hybridized carbons (Fsp3) is 0.409. The maximum Gasteiger partial charge on any atom is 0.188 e. The van der Waals surface area contributed by atoms with Crippen LogP contribution in [0, 0.1) is 13.8 Å². The fourth-order valence-corrected chi connectivity index (χ4v) is 4.36. The Morgan fingerprint density at radius 3 is 2.31 bits per heavy atom. The highest BCUT2D eigenvalue weighted by atomic mass is 31.1. The molecule has 0 heterocycles. The van der Waals surface area contributed by atoms with Crippen LogP contribution in [0.5, 0.6) is 5.75 Å². The van der Waals surface area contributed by atoms with E-state index in [2.05, 4.69) is 52.0 Å². The second-order valence-corrected chi connectivity index (χ2v) is 9.05. The molecule has 2 aromatic rings. The standard InChI is InChI=1S/C22H29O3P/c1-14-8-9-19(17(10-14)16(3)23)26-20-12-15(2)11-18(22(4,5)6)21(20)25-13-24-7/h8-12,26H,13H2,1-7H3. The van der Waals surface area contributed by atoms with Crippen molar-refractivity contribution < 1.29 is 14.3 Å². The zero-order valence-corrected chi connectivity index (χ0v) is 17.8. The van der Waals surface area contributed by atoms with Crippen LogP contribution >= 0.6 is 8.58 Å². The van der Waals surface area contributed by atoms with E-state index in [-0.39, 0.29) is 18.0 Å². The van der Waals surface area contributed by atoms with Gasteiger partial charge >= 0.3 is 0 Å². The van der Waals surface area contributed by atoms with Crippen LogP contribution in [0.4, 0.5) is 0 Å². The van der Waals surface area contributed by atoms with Gasteiger partial charge in [0.05, 0.1) is 0 Å². The van der Waals surface area contributed by atoms with Gasteiger partial charge in [0, 0.05) is 23.5 Å². The summed E-state index contributed by atoms with van der Waals surface area (Å²) in [7, 11) is 1.97. The summed E-state index contributed by atoms with van der Waals surface area (Å²) < 4.78 is 11.1. The Hall–Kier alpha value is -1.70. The Bertz CT molecular complexity index is 804. The van der Waals surface area contributed by atoms with Crippen LogP contribution < -0.4 is 15.3 Å². The number of carbonyl (C=O) groups excluding carboxylic acids is 1. The molecule has 0 saturated carbocycles. The maximum absolute atomic E-state index is 12.1. The van der Waals surface area contributed by atoms with Crippen molar-refractivity contribution in [2.24, 2.45) is 0 Å². The first-order chi connectivity index (χ1) is 12.1.